The first kappa shape index (κ1) is 8.14. The summed E-state index contributed by atoms with van der Waals surface area (Å²) in [6, 6.07) is 0.292. The highest BCUT2D eigenvalue weighted by molar-refractivity contribution is 4.69. The molecule has 0 aliphatic heterocycles. The minimum atomic E-state index is 0.292. The third-order valence-corrected chi connectivity index (χ3v) is 1.09. The fourth-order valence-corrected chi connectivity index (χ4v) is 0.543. The van der Waals surface area contributed by atoms with Gasteiger partial charge in [0.05, 0.1) is 0 Å². The molecule has 0 spiro atoms. The molecule has 0 aliphatic rings. The van der Waals surface area contributed by atoms with Gasteiger partial charge >= 0.3 is 0 Å². The van der Waals surface area contributed by atoms with E-state index in [4.69, 9.17) is 5.53 Å². The number of hydrogen-bond donors (Lipinski definition) is 2. The van der Waals surface area contributed by atoms with Crippen molar-refractivity contribution in [1.82, 2.24) is 5.43 Å². The minimum absolute atomic E-state index is 0.292. The lowest BCUT2D eigenvalue weighted by atomic mass is 10.2. The van der Waals surface area contributed by atoms with Gasteiger partial charge in [0.2, 0.25) is 0 Å². The molecule has 0 aromatic heterocycles. The van der Waals surface area contributed by atoms with E-state index in [1.807, 2.05) is 13.0 Å². The lowest BCUT2D eigenvalue weighted by Crippen LogP contribution is -2.18. The van der Waals surface area contributed by atoms with Crippen LogP contribution < -0.4 is 5.43 Å². The van der Waals surface area contributed by atoms with Crippen molar-refractivity contribution in [2.75, 3.05) is 0 Å². The van der Waals surface area contributed by atoms with Gasteiger partial charge < -0.3 is 0 Å². The zero-order valence-electron chi connectivity index (χ0n) is 5.72. The molecule has 0 bridgehead atoms. The first-order chi connectivity index (χ1) is 4.31. The van der Waals surface area contributed by atoms with E-state index in [-0.39, 0.29) is 0 Å². The van der Waals surface area contributed by atoms with Crippen molar-refractivity contribution >= 4 is 0 Å². The highest BCUT2D eigenvalue weighted by atomic mass is 15.4. The third kappa shape index (κ3) is 5.00. The molecule has 0 aromatic carbocycles. The van der Waals surface area contributed by atoms with E-state index < -0.39 is 0 Å². The predicted molar refractivity (Wildman–Crippen MR) is 37.2 cm³/mol. The maximum atomic E-state index is 6.46. The molecule has 0 saturated carbocycles. The van der Waals surface area contributed by atoms with E-state index in [1.165, 1.54) is 0 Å². The van der Waals surface area contributed by atoms with Crippen molar-refractivity contribution in [3.63, 3.8) is 0 Å². The molecule has 1 atom stereocenters. The fraction of sp³-hybridized carbons (Fsp3) is 0.667. The summed E-state index contributed by atoms with van der Waals surface area (Å²) in [5, 5.41) is 3.05. The molecule has 9 heavy (non-hydrogen) atoms. The normalized spacial score (nSPS) is 12.1. The first-order valence-corrected chi connectivity index (χ1v) is 3.04. The van der Waals surface area contributed by atoms with Gasteiger partial charge in [-0.1, -0.05) is 11.3 Å². The molecule has 0 saturated heterocycles. The van der Waals surface area contributed by atoms with Gasteiger partial charge in [-0.2, -0.15) is 5.53 Å². The van der Waals surface area contributed by atoms with Crippen LogP contribution in [0.3, 0.4) is 0 Å². The van der Waals surface area contributed by atoms with Crippen LogP contribution in [0.1, 0.15) is 19.8 Å². The van der Waals surface area contributed by atoms with E-state index in [2.05, 4.69) is 17.2 Å². The molecular formula is C6H13N3. The van der Waals surface area contributed by atoms with Crippen molar-refractivity contribution in [3.05, 3.63) is 12.7 Å². The van der Waals surface area contributed by atoms with Gasteiger partial charge in [-0.3, -0.25) is 5.43 Å². The third-order valence-electron chi connectivity index (χ3n) is 1.09. The van der Waals surface area contributed by atoms with E-state index in [0.717, 1.165) is 12.8 Å². The van der Waals surface area contributed by atoms with Gasteiger partial charge in [0.15, 0.2) is 0 Å². The van der Waals surface area contributed by atoms with Crippen LogP contribution in [0, 0.1) is 5.53 Å². The molecule has 0 amide bonds. The summed E-state index contributed by atoms with van der Waals surface area (Å²) >= 11 is 0. The maximum Gasteiger partial charge on any atom is 0.0431 e. The van der Waals surface area contributed by atoms with Crippen LogP contribution in [-0.4, -0.2) is 6.04 Å². The lowest BCUT2D eigenvalue weighted by Gasteiger charge is -2.05. The van der Waals surface area contributed by atoms with Gasteiger partial charge in [0.1, 0.15) is 0 Å². The van der Waals surface area contributed by atoms with Crippen LogP contribution in [0.4, 0.5) is 0 Å². The van der Waals surface area contributed by atoms with Crippen molar-refractivity contribution in [1.29, 1.82) is 5.53 Å². The van der Waals surface area contributed by atoms with E-state index >= 15 is 0 Å². The Bertz CT molecular complexity index is 90.3. The van der Waals surface area contributed by atoms with Gasteiger partial charge in [-0.05, 0) is 19.8 Å². The summed E-state index contributed by atoms with van der Waals surface area (Å²) in [5.41, 5.74) is 9.08. The van der Waals surface area contributed by atoms with Crippen molar-refractivity contribution < 1.29 is 0 Å². The van der Waals surface area contributed by atoms with Crippen LogP contribution in [0.2, 0.25) is 0 Å². The van der Waals surface area contributed by atoms with Gasteiger partial charge in [0.25, 0.3) is 0 Å². The van der Waals surface area contributed by atoms with Crippen LogP contribution in [0.25, 0.3) is 0 Å². The highest BCUT2D eigenvalue weighted by Crippen LogP contribution is 1.95. The van der Waals surface area contributed by atoms with Crippen molar-refractivity contribution in [2.45, 2.75) is 25.8 Å². The van der Waals surface area contributed by atoms with Crippen LogP contribution in [-0.2, 0) is 0 Å². The Labute approximate surface area is 55.6 Å². The average Bonchev–Trinajstić information content (AvgIpc) is 1.85. The second-order valence-corrected chi connectivity index (χ2v) is 2.01. The highest BCUT2D eigenvalue weighted by Gasteiger charge is 1.94. The second-order valence-electron chi connectivity index (χ2n) is 2.01. The zero-order valence-corrected chi connectivity index (χ0v) is 5.72. The summed E-state index contributed by atoms with van der Waals surface area (Å²) in [6.07, 6.45) is 3.83. The number of rotatable bonds is 5. The summed E-state index contributed by atoms with van der Waals surface area (Å²) in [5.74, 6) is 0. The van der Waals surface area contributed by atoms with Crippen molar-refractivity contribution in [2.24, 2.45) is 5.22 Å². The van der Waals surface area contributed by atoms with Crippen LogP contribution >= 0.6 is 0 Å². The molecule has 0 aliphatic carbocycles. The zero-order chi connectivity index (χ0) is 7.11. The molecule has 2 N–H and O–H groups in total. The average molecular weight is 127 g/mol. The van der Waals surface area contributed by atoms with Gasteiger partial charge in [0, 0.05) is 6.04 Å². The monoisotopic (exact) mass is 127 g/mol. The Hall–Kier alpha value is -0.860. The quantitative estimate of drug-likeness (QED) is 0.330. The van der Waals surface area contributed by atoms with E-state index in [1.54, 1.807) is 0 Å². The largest absolute Gasteiger partial charge is 0.289 e. The number of nitrogens with zero attached hydrogens (tertiary/aromatic N) is 1. The molecule has 1 unspecified atom stereocenters. The molecule has 3 heteroatoms. The first-order valence-electron chi connectivity index (χ1n) is 3.04. The molecule has 0 radical (unpaired) electrons. The standard InChI is InChI=1S/C6H13N3/c1-3-4-5-6(2)8-9-7/h3,6H,1,4-5H2,2H3,(H2,7,8). The Balaban J connectivity index is 3.14. The number of nitrogens with one attached hydrogen (secondary N) is 2. The predicted octanol–water partition coefficient (Wildman–Crippen LogP) is 1.88. The summed E-state index contributed by atoms with van der Waals surface area (Å²) in [4.78, 5) is 0. The minimum Gasteiger partial charge on any atom is -0.289 e. The Morgan fingerprint density at radius 3 is 3.00 bits per heavy atom. The lowest BCUT2D eigenvalue weighted by molar-refractivity contribution is 0.511. The Morgan fingerprint density at radius 1 is 1.89 bits per heavy atom. The molecule has 0 fully saturated rings. The Morgan fingerprint density at radius 2 is 2.56 bits per heavy atom. The smallest absolute Gasteiger partial charge is 0.0431 e. The van der Waals surface area contributed by atoms with Crippen LogP contribution in [0.5, 0.6) is 0 Å². The number of allylic oxidation sites excluding steroid dienone is 1. The van der Waals surface area contributed by atoms with Gasteiger partial charge in [-0.25, -0.2) is 0 Å². The van der Waals surface area contributed by atoms with E-state index in [9.17, 15) is 0 Å². The summed E-state index contributed by atoms with van der Waals surface area (Å²) in [7, 11) is 0. The molecule has 3 nitrogen and oxygen atoms in total. The Kier molecular flexibility index (Phi) is 4.78. The molecular weight excluding hydrogens is 114 g/mol. The topological polar surface area (TPSA) is 48.2 Å². The SMILES string of the molecule is C=CCCC(C)NN=N. The molecule has 0 rings (SSSR count). The number of hydrogen-bond acceptors (Lipinski definition) is 2. The van der Waals surface area contributed by atoms with E-state index in [0.29, 0.717) is 6.04 Å². The van der Waals surface area contributed by atoms with Crippen LogP contribution in [0.15, 0.2) is 17.9 Å². The summed E-state index contributed by atoms with van der Waals surface area (Å²) < 4.78 is 0. The summed E-state index contributed by atoms with van der Waals surface area (Å²) in [6.45, 7) is 5.58. The maximum absolute atomic E-state index is 6.46. The fourth-order valence-electron chi connectivity index (χ4n) is 0.543. The molecule has 0 heterocycles. The second kappa shape index (κ2) is 5.28. The van der Waals surface area contributed by atoms with Gasteiger partial charge in [-0.15, -0.1) is 6.58 Å². The van der Waals surface area contributed by atoms with Crippen molar-refractivity contribution in [3.8, 4) is 0 Å². The molecule has 0 aromatic rings. The molecule has 52 valence electrons.